The molecule has 4 aromatic rings. The first kappa shape index (κ1) is 22.3. The van der Waals surface area contributed by atoms with E-state index in [9.17, 15) is 18.0 Å². The summed E-state index contributed by atoms with van der Waals surface area (Å²) in [5.74, 6) is -0.191. The summed E-state index contributed by atoms with van der Waals surface area (Å²) in [6.07, 6.45) is -0.00606. The lowest BCUT2D eigenvalue weighted by atomic mass is 9.92. The standard InChI is InChI=1S/C25H18BrF3N2O3/c26-15-3-10-19-20-11-12-31(25(32)34-18-8-4-16(27)5-9-18)23(22(20)30-21(19)13-15)14-1-6-17(7-2-14)33-24(28)29/h1-10,13,23-24,30H,11-12H2. The molecule has 9 heteroatoms. The Morgan fingerprint density at radius 1 is 1.03 bits per heavy atom. The van der Waals surface area contributed by atoms with Gasteiger partial charge >= 0.3 is 12.7 Å². The summed E-state index contributed by atoms with van der Waals surface area (Å²) in [5, 5.41) is 1.05. The van der Waals surface area contributed by atoms with E-state index in [1.54, 1.807) is 17.0 Å². The van der Waals surface area contributed by atoms with Crippen molar-refractivity contribution < 1.29 is 27.4 Å². The molecule has 1 N–H and O–H groups in total. The second-order valence-electron chi connectivity index (χ2n) is 7.82. The van der Waals surface area contributed by atoms with Crippen molar-refractivity contribution >= 4 is 32.9 Å². The Bertz CT molecular complexity index is 1340. The highest BCUT2D eigenvalue weighted by atomic mass is 79.9. The minimum atomic E-state index is -2.93. The van der Waals surface area contributed by atoms with Crippen LogP contribution in [0.4, 0.5) is 18.0 Å². The molecular weight excluding hydrogens is 513 g/mol. The lowest BCUT2D eigenvalue weighted by Crippen LogP contribution is -2.42. The van der Waals surface area contributed by atoms with E-state index in [2.05, 4.69) is 25.7 Å². The van der Waals surface area contributed by atoms with Crippen LogP contribution < -0.4 is 9.47 Å². The number of aromatic nitrogens is 1. The number of H-pyrrole nitrogens is 1. The van der Waals surface area contributed by atoms with Crippen molar-refractivity contribution in [2.45, 2.75) is 19.1 Å². The zero-order chi connectivity index (χ0) is 23.8. The number of hydrogen-bond donors (Lipinski definition) is 1. The lowest BCUT2D eigenvalue weighted by molar-refractivity contribution is -0.0498. The van der Waals surface area contributed by atoms with E-state index in [0.29, 0.717) is 18.5 Å². The second-order valence-corrected chi connectivity index (χ2v) is 8.74. The van der Waals surface area contributed by atoms with Gasteiger partial charge in [-0.05, 0) is 66.1 Å². The molecule has 0 radical (unpaired) electrons. The van der Waals surface area contributed by atoms with Gasteiger partial charge in [0, 0.05) is 27.6 Å². The van der Waals surface area contributed by atoms with Gasteiger partial charge in [-0.25, -0.2) is 9.18 Å². The molecular formula is C25H18BrF3N2O3. The van der Waals surface area contributed by atoms with Crippen LogP contribution in [0.5, 0.6) is 11.5 Å². The third kappa shape index (κ3) is 4.35. The predicted octanol–water partition coefficient (Wildman–Crippen LogP) is 6.82. The van der Waals surface area contributed by atoms with Crippen LogP contribution in [0.1, 0.15) is 22.9 Å². The van der Waals surface area contributed by atoms with Gasteiger partial charge in [0.25, 0.3) is 0 Å². The van der Waals surface area contributed by atoms with Crippen LogP contribution >= 0.6 is 15.9 Å². The van der Waals surface area contributed by atoms with Gasteiger partial charge in [0.2, 0.25) is 0 Å². The molecule has 1 unspecified atom stereocenters. The quantitative estimate of drug-likeness (QED) is 0.315. The number of nitrogens with one attached hydrogen (secondary N) is 1. The molecule has 1 atom stereocenters. The van der Waals surface area contributed by atoms with Crippen molar-refractivity contribution in [3.63, 3.8) is 0 Å². The lowest BCUT2D eigenvalue weighted by Gasteiger charge is -2.35. The number of halogens is 4. The number of carbonyl (C=O) groups excluding carboxylic acids is 1. The van der Waals surface area contributed by atoms with E-state index in [4.69, 9.17) is 4.74 Å². The monoisotopic (exact) mass is 530 g/mol. The Morgan fingerprint density at radius 2 is 1.74 bits per heavy atom. The zero-order valence-corrected chi connectivity index (χ0v) is 19.2. The molecule has 0 fully saturated rings. The number of fused-ring (bicyclic) bond motifs is 3. The number of ether oxygens (including phenoxy) is 2. The van der Waals surface area contributed by atoms with Gasteiger partial charge in [-0.15, -0.1) is 0 Å². The molecule has 3 aromatic carbocycles. The molecule has 2 heterocycles. The van der Waals surface area contributed by atoms with Gasteiger partial charge < -0.3 is 14.5 Å². The van der Waals surface area contributed by atoms with Crippen molar-refractivity contribution in [2.75, 3.05) is 6.54 Å². The van der Waals surface area contributed by atoms with Crippen molar-refractivity contribution in [3.05, 3.63) is 93.8 Å². The fourth-order valence-electron chi connectivity index (χ4n) is 4.31. The SMILES string of the molecule is O=C(Oc1ccc(F)cc1)N1CCc2c([nH]c3cc(Br)ccc23)C1c1ccc(OC(F)F)cc1. The molecule has 1 aliphatic rings. The Labute approximate surface area is 201 Å². The number of alkyl halides is 2. The first-order valence-electron chi connectivity index (χ1n) is 10.5. The average Bonchev–Trinajstić information content (AvgIpc) is 3.17. The summed E-state index contributed by atoms with van der Waals surface area (Å²) >= 11 is 3.48. The van der Waals surface area contributed by atoms with Crippen molar-refractivity contribution in [1.82, 2.24) is 9.88 Å². The van der Waals surface area contributed by atoms with E-state index in [1.807, 2.05) is 18.2 Å². The van der Waals surface area contributed by atoms with Crippen LogP contribution in [0, 0.1) is 5.82 Å². The first-order chi connectivity index (χ1) is 16.4. The minimum absolute atomic E-state index is 0.0239. The highest BCUT2D eigenvalue weighted by Gasteiger charge is 2.35. The Balaban J connectivity index is 1.55. The molecule has 0 saturated heterocycles. The minimum Gasteiger partial charge on any atom is -0.435 e. The molecule has 0 spiro atoms. The van der Waals surface area contributed by atoms with Crippen molar-refractivity contribution in [2.24, 2.45) is 0 Å². The molecule has 174 valence electrons. The fourth-order valence-corrected chi connectivity index (χ4v) is 4.67. The zero-order valence-electron chi connectivity index (χ0n) is 17.6. The Hall–Kier alpha value is -3.46. The number of hydrogen-bond acceptors (Lipinski definition) is 3. The van der Waals surface area contributed by atoms with E-state index in [0.717, 1.165) is 26.6 Å². The van der Waals surface area contributed by atoms with Crippen LogP contribution in [0.3, 0.4) is 0 Å². The van der Waals surface area contributed by atoms with Crippen LogP contribution in [0.25, 0.3) is 10.9 Å². The molecule has 0 aliphatic carbocycles. The van der Waals surface area contributed by atoms with E-state index in [-0.39, 0.29) is 11.5 Å². The molecule has 1 aliphatic heterocycles. The summed E-state index contributed by atoms with van der Waals surface area (Å²) in [6.45, 7) is -2.56. The van der Waals surface area contributed by atoms with E-state index < -0.39 is 24.6 Å². The number of carbonyl (C=O) groups is 1. The number of aromatic amines is 1. The maximum absolute atomic E-state index is 13.3. The molecule has 1 aromatic heterocycles. The number of nitrogens with zero attached hydrogens (tertiary/aromatic N) is 1. The van der Waals surface area contributed by atoms with Gasteiger partial charge in [0.15, 0.2) is 0 Å². The van der Waals surface area contributed by atoms with Gasteiger partial charge in [0.1, 0.15) is 23.4 Å². The summed E-state index contributed by atoms with van der Waals surface area (Å²) in [7, 11) is 0. The third-order valence-corrected chi connectivity index (χ3v) is 6.26. The highest BCUT2D eigenvalue weighted by molar-refractivity contribution is 9.10. The first-order valence-corrected chi connectivity index (χ1v) is 11.3. The van der Waals surface area contributed by atoms with E-state index in [1.165, 1.54) is 36.4 Å². The Kier molecular flexibility index (Phi) is 5.95. The van der Waals surface area contributed by atoms with Gasteiger partial charge in [-0.3, -0.25) is 4.90 Å². The summed E-state index contributed by atoms with van der Waals surface area (Å²) in [5.41, 5.74) is 3.50. The van der Waals surface area contributed by atoms with Crippen LogP contribution in [-0.4, -0.2) is 29.1 Å². The van der Waals surface area contributed by atoms with Crippen LogP contribution in [0.15, 0.2) is 71.2 Å². The number of amides is 1. The predicted molar refractivity (Wildman–Crippen MR) is 124 cm³/mol. The van der Waals surface area contributed by atoms with Gasteiger partial charge in [-0.1, -0.05) is 34.1 Å². The van der Waals surface area contributed by atoms with Gasteiger partial charge in [0.05, 0.1) is 0 Å². The van der Waals surface area contributed by atoms with Crippen LogP contribution in [0.2, 0.25) is 0 Å². The molecule has 0 bridgehead atoms. The van der Waals surface area contributed by atoms with Crippen LogP contribution in [-0.2, 0) is 6.42 Å². The normalized spacial score (nSPS) is 15.4. The third-order valence-electron chi connectivity index (χ3n) is 5.76. The molecule has 5 rings (SSSR count). The fraction of sp³-hybridized carbons (Fsp3) is 0.160. The maximum atomic E-state index is 13.3. The topological polar surface area (TPSA) is 54.6 Å². The maximum Gasteiger partial charge on any atom is 0.416 e. The number of rotatable bonds is 4. The summed E-state index contributed by atoms with van der Waals surface area (Å²) < 4.78 is 49.4. The molecule has 0 saturated carbocycles. The molecule has 34 heavy (non-hydrogen) atoms. The molecule has 5 nitrogen and oxygen atoms in total. The number of benzene rings is 3. The largest absolute Gasteiger partial charge is 0.435 e. The summed E-state index contributed by atoms with van der Waals surface area (Å²) in [4.78, 5) is 18.2. The van der Waals surface area contributed by atoms with Crippen molar-refractivity contribution in [1.29, 1.82) is 0 Å². The van der Waals surface area contributed by atoms with Crippen molar-refractivity contribution in [3.8, 4) is 11.5 Å². The second kappa shape index (κ2) is 9.06. The highest BCUT2D eigenvalue weighted by Crippen LogP contribution is 2.40. The summed E-state index contributed by atoms with van der Waals surface area (Å²) in [6, 6.07) is 16.8. The smallest absolute Gasteiger partial charge is 0.416 e. The van der Waals surface area contributed by atoms with Gasteiger partial charge in [-0.2, -0.15) is 8.78 Å². The average molecular weight is 531 g/mol. The molecule has 1 amide bonds. The Morgan fingerprint density at radius 3 is 2.44 bits per heavy atom. The van der Waals surface area contributed by atoms with E-state index >= 15 is 0 Å².